The zero-order valence-electron chi connectivity index (χ0n) is 12.7. The molecule has 0 N–H and O–H groups in total. The first-order valence-corrected chi connectivity index (χ1v) is 6.58. The molecule has 0 aromatic heterocycles. The van der Waals surface area contributed by atoms with Crippen molar-refractivity contribution in [3.8, 4) is 5.75 Å². The molecular formula is C16H22O4. The van der Waals surface area contributed by atoms with E-state index in [0.717, 1.165) is 5.56 Å². The highest BCUT2D eigenvalue weighted by Crippen LogP contribution is 2.28. The molecule has 1 atom stereocenters. The Morgan fingerprint density at radius 1 is 1.25 bits per heavy atom. The van der Waals surface area contributed by atoms with Crippen LogP contribution in [0.4, 0.5) is 0 Å². The Bertz CT molecular complexity index is 485. The second kappa shape index (κ2) is 6.55. The number of hydrogen-bond acceptors (Lipinski definition) is 4. The van der Waals surface area contributed by atoms with E-state index in [-0.39, 0.29) is 18.2 Å². The normalized spacial score (nSPS) is 12.7. The van der Waals surface area contributed by atoms with Crippen LogP contribution < -0.4 is 4.74 Å². The van der Waals surface area contributed by atoms with Gasteiger partial charge in [-0.15, -0.1) is 0 Å². The lowest BCUT2D eigenvalue weighted by molar-refractivity contribution is -0.159. The topological polar surface area (TPSA) is 52.6 Å². The molecule has 1 aromatic rings. The lowest BCUT2D eigenvalue weighted by atomic mass is 9.96. The molecule has 4 nitrogen and oxygen atoms in total. The van der Waals surface area contributed by atoms with Gasteiger partial charge in [0.2, 0.25) is 0 Å². The van der Waals surface area contributed by atoms with E-state index in [1.807, 2.05) is 12.1 Å². The molecule has 4 heteroatoms. The number of carbonyl (C=O) groups excluding carboxylic acids is 2. The van der Waals surface area contributed by atoms with Gasteiger partial charge in [0, 0.05) is 6.42 Å². The van der Waals surface area contributed by atoms with Gasteiger partial charge in [-0.2, -0.15) is 0 Å². The van der Waals surface area contributed by atoms with E-state index in [2.05, 4.69) is 0 Å². The maximum Gasteiger partial charge on any atom is 0.311 e. The fourth-order valence-corrected chi connectivity index (χ4v) is 1.64. The number of hydrogen-bond donors (Lipinski definition) is 0. The van der Waals surface area contributed by atoms with E-state index < -0.39 is 11.5 Å². The molecular weight excluding hydrogens is 256 g/mol. The summed E-state index contributed by atoms with van der Waals surface area (Å²) in [5.74, 6) is 0.314. The molecule has 0 aliphatic carbocycles. The third-order valence-electron chi connectivity index (χ3n) is 2.80. The van der Waals surface area contributed by atoms with Crippen LogP contribution in [0.25, 0.3) is 0 Å². The first kappa shape index (κ1) is 16.2. The first-order chi connectivity index (χ1) is 9.24. The predicted molar refractivity (Wildman–Crippen MR) is 76.6 cm³/mol. The van der Waals surface area contributed by atoms with E-state index in [9.17, 15) is 9.59 Å². The fraction of sp³-hybridized carbons (Fsp3) is 0.500. The summed E-state index contributed by atoms with van der Waals surface area (Å²) in [5.41, 5.74) is 0.158. The Morgan fingerprint density at radius 2 is 1.90 bits per heavy atom. The van der Waals surface area contributed by atoms with Crippen LogP contribution in [0, 0.1) is 5.41 Å². The molecule has 1 unspecified atom stereocenters. The van der Waals surface area contributed by atoms with Gasteiger partial charge in [-0.3, -0.25) is 9.59 Å². The highest BCUT2D eigenvalue weighted by Gasteiger charge is 2.27. The van der Waals surface area contributed by atoms with Crippen LogP contribution in [0.15, 0.2) is 24.3 Å². The molecule has 0 aliphatic heterocycles. The largest absolute Gasteiger partial charge is 0.497 e. The van der Waals surface area contributed by atoms with Gasteiger partial charge in [-0.05, 0) is 45.4 Å². The smallest absolute Gasteiger partial charge is 0.311 e. The summed E-state index contributed by atoms with van der Waals surface area (Å²) < 4.78 is 10.7. The maximum atomic E-state index is 12.0. The number of carbonyl (C=O) groups is 2. The van der Waals surface area contributed by atoms with Crippen LogP contribution in [-0.2, 0) is 14.3 Å². The molecule has 0 spiro atoms. The summed E-state index contributed by atoms with van der Waals surface area (Å²) >= 11 is 0. The van der Waals surface area contributed by atoms with Crippen molar-refractivity contribution in [3.63, 3.8) is 0 Å². The van der Waals surface area contributed by atoms with Gasteiger partial charge >= 0.3 is 5.97 Å². The summed E-state index contributed by atoms with van der Waals surface area (Å²) in [7, 11) is 1.57. The number of ether oxygens (including phenoxy) is 2. The standard InChI is InChI=1S/C16H22O4/c1-11(17)9-14(20-15(18)16(2,3)4)12-7-6-8-13(10-12)19-5/h6-8,10,14H,9H2,1-5H3. The Labute approximate surface area is 120 Å². The van der Waals surface area contributed by atoms with Crippen LogP contribution in [0.3, 0.4) is 0 Å². The molecule has 0 heterocycles. The average Bonchev–Trinajstić information content (AvgIpc) is 2.36. The van der Waals surface area contributed by atoms with Gasteiger partial charge in [-0.1, -0.05) is 12.1 Å². The summed E-state index contributed by atoms with van der Waals surface area (Å²) in [5, 5.41) is 0. The summed E-state index contributed by atoms with van der Waals surface area (Å²) in [6.07, 6.45) is -0.413. The van der Waals surface area contributed by atoms with E-state index in [1.54, 1.807) is 40.0 Å². The highest BCUT2D eigenvalue weighted by molar-refractivity contribution is 5.78. The molecule has 1 rings (SSSR count). The van der Waals surface area contributed by atoms with Crippen molar-refractivity contribution in [1.82, 2.24) is 0 Å². The molecule has 20 heavy (non-hydrogen) atoms. The summed E-state index contributed by atoms with van der Waals surface area (Å²) in [6.45, 7) is 6.83. The van der Waals surface area contributed by atoms with Gasteiger partial charge < -0.3 is 9.47 Å². The molecule has 0 radical (unpaired) electrons. The second-order valence-electron chi connectivity index (χ2n) is 5.83. The predicted octanol–water partition coefficient (Wildman–Crippen LogP) is 3.30. The van der Waals surface area contributed by atoms with Crippen LogP contribution in [0.2, 0.25) is 0 Å². The number of ketones is 1. The number of esters is 1. The minimum absolute atomic E-state index is 0.0282. The van der Waals surface area contributed by atoms with Crippen LogP contribution >= 0.6 is 0 Å². The second-order valence-corrected chi connectivity index (χ2v) is 5.83. The van der Waals surface area contributed by atoms with E-state index in [1.165, 1.54) is 6.92 Å². The highest BCUT2D eigenvalue weighted by atomic mass is 16.5. The molecule has 110 valence electrons. The van der Waals surface area contributed by atoms with Crippen molar-refractivity contribution in [2.24, 2.45) is 5.41 Å². The quantitative estimate of drug-likeness (QED) is 0.775. The van der Waals surface area contributed by atoms with Crippen molar-refractivity contribution < 1.29 is 19.1 Å². The summed E-state index contributed by atoms with van der Waals surface area (Å²) in [4.78, 5) is 23.4. The minimum atomic E-state index is -0.603. The zero-order valence-corrected chi connectivity index (χ0v) is 12.7. The van der Waals surface area contributed by atoms with Crippen LogP contribution in [0.5, 0.6) is 5.75 Å². The fourth-order valence-electron chi connectivity index (χ4n) is 1.64. The molecule has 0 saturated carbocycles. The van der Waals surface area contributed by atoms with Crippen molar-refractivity contribution in [2.45, 2.75) is 40.2 Å². The number of rotatable bonds is 5. The zero-order chi connectivity index (χ0) is 15.3. The van der Waals surface area contributed by atoms with E-state index in [4.69, 9.17) is 9.47 Å². The molecule has 0 amide bonds. The SMILES string of the molecule is COc1cccc(C(CC(C)=O)OC(=O)C(C)(C)C)c1. The minimum Gasteiger partial charge on any atom is -0.497 e. The Kier molecular flexibility index (Phi) is 5.31. The van der Waals surface area contributed by atoms with E-state index >= 15 is 0 Å². The van der Waals surface area contributed by atoms with Gasteiger partial charge in [0.25, 0.3) is 0 Å². The third kappa shape index (κ3) is 4.68. The van der Waals surface area contributed by atoms with Gasteiger partial charge in [0.15, 0.2) is 0 Å². The Morgan fingerprint density at radius 3 is 2.40 bits per heavy atom. The lowest BCUT2D eigenvalue weighted by Gasteiger charge is -2.23. The summed E-state index contributed by atoms with van der Waals surface area (Å²) in [6, 6.07) is 7.22. The van der Waals surface area contributed by atoms with Crippen LogP contribution in [0.1, 0.15) is 45.8 Å². The third-order valence-corrected chi connectivity index (χ3v) is 2.80. The number of benzene rings is 1. The average molecular weight is 278 g/mol. The van der Waals surface area contributed by atoms with Crippen molar-refractivity contribution in [3.05, 3.63) is 29.8 Å². The molecule has 0 bridgehead atoms. The number of methoxy groups -OCH3 is 1. The first-order valence-electron chi connectivity index (χ1n) is 6.58. The van der Waals surface area contributed by atoms with Gasteiger partial charge in [-0.25, -0.2) is 0 Å². The maximum absolute atomic E-state index is 12.0. The Balaban J connectivity index is 2.99. The monoisotopic (exact) mass is 278 g/mol. The molecule has 0 aliphatic rings. The van der Waals surface area contributed by atoms with Crippen molar-refractivity contribution in [2.75, 3.05) is 7.11 Å². The number of Topliss-reactive ketones (excluding diaryl/α,β-unsaturated/α-hetero) is 1. The lowest BCUT2D eigenvalue weighted by Crippen LogP contribution is -2.25. The Hall–Kier alpha value is -1.84. The van der Waals surface area contributed by atoms with Gasteiger partial charge in [0.1, 0.15) is 17.6 Å². The van der Waals surface area contributed by atoms with Crippen LogP contribution in [-0.4, -0.2) is 18.9 Å². The molecule has 1 aromatic carbocycles. The molecule has 0 saturated heterocycles. The molecule has 0 fully saturated rings. The van der Waals surface area contributed by atoms with Crippen molar-refractivity contribution in [1.29, 1.82) is 0 Å². The van der Waals surface area contributed by atoms with E-state index in [0.29, 0.717) is 5.75 Å². The van der Waals surface area contributed by atoms with Crippen molar-refractivity contribution >= 4 is 11.8 Å². The van der Waals surface area contributed by atoms with Gasteiger partial charge in [0.05, 0.1) is 12.5 Å².